The summed E-state index contributed by atoms with van der Waals surface area (Å²) in [6.45, 7) is 1.90. The predicted octanol–water partition coefficient (Wildman–Crippen LogP) is 2.91. The summed E-state index contributed by atoms with van der Waals surface area (Å²) in [6.07, 6.45) is 3.34. The summed E-state index contributed by atoms with van der Waals surface area (Å²) in [5, 5.41) is 7.47. The second-order valence-electron chi connectivity index (χ2n) is 3.98. The first-order valence-electron chi connectivity index (χ1n) is 5.46. The number of fused-ring (bicyclic) bond motifs is 3. The van der Waals surface area contributed by atoms with Crippen LogP contribution in [-0.4, -0.2) is 19.6 Å². The Hall–Kier alpha value is -2.21. The minimum atomic E-state index is 0.668. The molecule has 88 valence electrons. The van der Waals surface area contributed by atoms with Crippen LogP contribution in [0.4, 0.5) is 0 Å². The predicted molar refractivity (Wildman–Crippen MR) is 68.6 cm³/mol. The number of thiophene rings is 1. The van der Waals surface area contributed by atoms with Crippen LogP contribution in [0.2, 0.25) is 0 Å². The van der Waals surface area contributed by atoms with Crippen molar-refractivity contribution in [1.29, 1.82) is 0 Å². The average molecular weight is 256 g/mol. The topological polar surface area (TPSA) is 56.2 Å². The molecule has 0 saturated carbocycles. The van der Waals surface area contributed by atoms with E-state index in [1.807, 2.05) is 24.4 Å². The van der Waals surface area contributed by atoms with Gasteiger partial charge in [0, 0.05) is 0 Å². The molecule has 0 unspecified atom stereocenters. The van der Waals surface area contributed by atoms with E-state index < -0.39 is 0 Å². The number of rotatable bonds is 1. The fraction of sp³-hybridized carbons (Fsp3) is 0.0833. The van der Waals surface area contributed by atoms with Crippen LogP contribution in [0.3, 0.4) is 0 Å². The van der Waals surface area contributed by atoms with Gasteiger partial charge in [-0.15, -0.1) is 16.4 Å². The van der Waals surface area contributed by atoms with Gasteiger partial charge in [-0.25, -0.2) is 14.5 Å². The summed E-state index contributed by atoms with van der Waals surface area (Å²) in [5.41, 5.74) is 1.75. The summed E-state index contributed by atoms with van der Waals surface area (Å²) < 4.78 is 6.99. The zero-order valence-corrected chi connectivity index (χ0v) is 10.3. The number of furan rings is 1. The fourth-order valence-electron chi connectivity index (χ4n) is 2.00. The molecule has 4 heterocycles. The summed E-state index contributed by atoms with van der Waals surface area (Å²) in [6, 6.07) is 3.89. The Bertz CT molecular complexity index is 857. The number of aryl methyl sites for hydroxylation is 1. The highest BCUT2D eigenvalue weighted by atomic mass is 32.1. The lowest BCUT2D eigenvalue weighted by molar-refractivity contribution is 0.535. The zero-order chi connectivity index (χ0) is 12.1. The van der Waals surface area contributed by atoms with Crippen molar-refractivity contribution in [2.75, 3.05) is 0 Å². The van der Waals surface area contributed by atoms with E-state index in [4.69, 9.17) is 4.42 Å². The molecule has 4 aromatic rings. The highest BCUT2D eigenvalue weighted by Crippen LogP contribution is 2.25. The fourth-order valence-corrected chi connectivity index (χ4v) is 2.72. The molecule has 0 fully saturated rings. The number of hydrogen-bond donors (Lipinski definition) is 0. The van der Waals surface area contributed by atoms with Gasteiger partial charge in [0.25, 0.3) is 0 Å². The maximum absolute atomic E-state index is 5.28. The largest absolute Gasteiger partial charge is 0.469 e. The Morgan fingerprint density at radius 2 is 2.28 bits per heavy atom. The van der Waals surface area contributed by atoms with Crippen molar-refractivity contribution in [3.05, 3.63) is 35.9 Å². The van der Waals surface area contributed by atoms with Gasteiger partial charge in [0.2, 0.25) is 0 Å². The van der Waals surface area contributed by atoms with Crippen LogP contribution in [0.15, 0.2) is 34.5 Å². The first-order valence-corrected chi connectivity index (χ1v) is 6.34. The maximum Gasteiger partial charge on any atom is 0.185 e. The lowest BCUT2D eigenvalue weighted by atomic mass is 10.2. The Morgan fingerprint density at radius 1 is 1.33 bits per heavy atom. The van der Waals surface area contributed by atoms with Gasteiger partial charge in [-0.3, -0.25) is 0 Å². The van der Waals surface area contributed by atoms with Crippen LogP contribution >= 0.6 is 11.3 Å². The van der Waals surface area contributed by atoms with Gasteiger partial charge >= 0.3 is 0 Å². The zero-order valence-electron chi connectivity index (χ0n) is 9.49. The second-order valence-corrected chi connectivity index (χ2v) is 4.87. The lowest BCUT2D eigenvalue weighted by Crippen LogP contribution is -1.88. The van der Waals surface area contributed by atoms with Gasteiger partial charge in [-0.05, 0) is 24.4 Å². The maximum atomic E-state index is 5.28. The highest BCUT2D eigenvalue weighted by molar-refractivity contribution is 7.16. The van der Waals surface area contributed by atoms with E-state index in [1.54, 1.807) is 28.4 Å². The third-order valence-electron chi connectivity index (χ3n) is 2.90. The van der Waals surface area contributed by atoms with E-state index in [2.05, 4.69) is 15.1 Å². The molecule has 0 N–H and O–H groups in total. The van der Waals surface area contributed by atoms with Gasteiger partial charge in [-0.2, -0.15) is 0 Å². The molecule has 0 aromatic carbocycles. The average Bonchev–Trinajstić information content (AvgIpc) is 3.04. The summed E-state index contributed by atoms with van der Waals surface area (Å²) >= 11 is 1.60. The molecule has 6 heteroatoms. The van der Waals surface area contributed by atoms with Crippen molar-refractivity contribution in [2.45, 2.75) is 6.92 Å². The molecule has 0 aliphatic rings. The number of hydrogen-bond acceptors (Lipinski definition) is 5. The summed E-state index contributed by atoms with van der Waals surface area (Å²) in [4.78, 5) is 9.89. The van der Waals surface area contributed by atoms with E-state index in [0.29, 0.717) is 5.82 Å². The van der Waals surface area contributed by atoms with Crippen molar-refractivity contribution in [2.24, 2.45) is 0 Å². The lowest BCUT2D eigenvalue weighted by Gasteiger charge is -1.90. The van der Waals surface area contributed by atoms with Crippen LogP contribution in [0.1, 0.15) is 5.76 Å². The van der Waals surface area contributed by atoms with Crippen LogP contribution < -0.4 is 0 Å². The van der Waals surface area contributed by atoms with E-state index in [9.17, 15) is 0 Å². The molecule has 0 amide bonds. The minimum Gasteiger partial charge on any atom is -0.469 e. The van der Waals surface area contributed by atoms with Gasteiger partial charge in [0.1, 0.15) is 16.9 Å². The Balaban J connectivity index is 2.07. The molecule has 4 rings (SSSR count). The molecule has 5 nitrogen and oxygen atoms in total. The van der Waals surface area contributed by atoms with E-state index in [1.165, 1.54) is 0 Å². The Labute approximate surface area is 106 Å². The van der Waals surface area contributed by atoms with E-state index in [-0.39, 0.29) is 0 Å². The normalized spacial score (nSPS) is 11.6. The molecule has 0 bridgehead atoms. The van der Waals surface area contributed by atoms with Crippen molar-refractivity contribution >= 4 is 27.2 Å². The van der Waals surface area contributed by atoms with Crippen LogP contribution in [0.25, 0.3) is 27.3 Å². The minimum absolute atomic E-state index is 0.668. The molecule has 18 heavy (non-hydrogen) atoms. The third kappa shape index (κ3) is 1.23. The van der Waals surface area contributed by atoms with E-state index >= 15 is 0 Å². The Kier molecular flexibility index (Phi) is 1.84. The second kappa shape index (κ2) is 3.39. The first kappa shape index (κ1) is 9.78. The highest BCUT2D eigenvalue weighted by Gasteiger charge is 2.13. The molecule has 0 spiro atoms. The van der Waals surface area contributed by atoms with Gasteiger partial charge < -0.3 is 4.42 Å². The molecule has 0 aliphatic heterocycles. The smallest absolute Gasteiger partial charge is 0.185 e. The summed E-state index contributed by atoms with van der Waals surface area (Å²) in [5.74, 6) is 1.49. The first-order chi connectivity index (χ1) is 8.83. The van der Waals surface area contributed by atoms with Crippen LogP contribution in [0.5, 0.6) is 0 Å². The monoisotopic (exact) mass is 256 g/mol. The number of nitrogens with zero attached hydrogens (tertiary/aromatic N) is 4. The standard InChI is InChI=1S/C12H8N4OS/c1-7-8(2-4-17-7)10-14-11-9-3-5-18-12(9)13-6-16(11)15-10/h2-6H,1H3. The van der Waals surface area contributed by atoms with E-state index in [0.717, 1.165) is 27.2 Å². The molecule has 0 radical (unpaired) electrons. The quantitative estimate of drug-likeness (QED) is 0.525. The third-order valence-corrected chi connectivity index (χ3v) is 3.72. The van der Waals surface area contributed by atoms with Gasteiger partial charge in [0.05, 0.1) is 17.2 Å². The van der Waals surface area contributed by atoms with Crippen LogP contribution in [-0.2, 0) is 0 Å². The molecule has 0 atom stereocenters. The summed E-state index contributed by atoms with van der Waals surface area (Å²) in [7, 11) is 0. The SMILES string of the molecule is Cc1occc1-c1nc2c3ccsc3ncn2n1. The molecular weight excluding hydrogens is 248 g/mol. The van der Waals surface area contributed by atoms with Gasteiger partial charge in [-0.1, -0.05) is 0 Å². The van der Waals surface area contributed by atoms with Crippen molar-refractivity contribution in [3.8, 4) is 11.4 Å². The van der Waals surface area contributed by atoms with Crippen LogP contribution in [0, 0.1) is 6.92 Å². The number of aromatic nitrogens is 4. The Morgan fingerprint density at radius 3 is 3.11 bits per heavy atom. The molecular formula is C12H8N4OS. The van der Waals surface area contributed by atoms with Crippen molar-refractivity contribution in [1.82, 2.24) is 19.6 Å². The van der Waals surface area contributed by atoms with Gasteiger partial charge in [0.15, 0.2) is 11.5 Å². The molecule has 4 aromatic heterocycles. The van der Waals surface area contributed by atoms with Crippen molar-refractivity contribution < 1.29 is 4.42 Å². The molecule has 0 aliphatic carbocycles. The van der Waals surface area contributed by atoms with Crippen molar-refractivity contribution in [3.63, 3.8) is 0 Å². The molecule has 0 saturated heterocycles.